The molecule has 2 N–H and O–H groups in total. The lowest BCUT2D eigenvalue weighted by atomic mass is 10.0. The molecule has 0 bridgehead atoms. The summed E-state index contributed by atoms with van der Waals surface area (Å²) in [6, 6.07) is 14.5. The van der Waals surface area contributed by atoms with E-state index in [1.54, 1.807) is 30.0 Å². The van der Waals surface area contributed by atoms with Gasteiger partial charge in [-0.3, -0.25) is 4.79 Å². The molecule has 0 aliphatic carbocycles. The molecule has 3 aromatic rings. The Morgan fingerprint density at radius 1 is 0.966 bits per heavy atom. The Morgan fingerprint density at radius 3 is 2.24 bits per heavy atom. The number of hydrogen-bond acceptors (Lipinski definition) is 3. The lowest BCUT2D eigenvalue weighted by Gasteiger charge is -2.11. The lowest BCUT2D eigenvalue weighted by Crippen LogP contribution is -2.16. The average Bonchev–Trinajstić information content (AvgIpc) is 2.68. The maximum absolute atomic E-state index is 14.7. The van der Waals surface area contributed by atoms with E-state index in [1.807, 2.05) is 13.0 Å². The molecule has 0 aliphatic rings. The van der Waals surface area contributed by atoms with Gasteiger partial charge >= 0.3 is 5.97 Å². The zero-order valence-electron chi connectivity index (χ0n) is 15.4. The number of carbonyl (C=O) groups excluding carboxylic acids is 1. The summed E-state index contributed by atoms with van der Waals surface area (Å²) >= 11 is 1.56. The molecule has 0 aliphatic heterocycles. The summed E-state index contributed by atoms with van der Waals surface area (Å²) in [5.74, 6) is -2.86. The summed E-state index contributed by atoms with van der Waals surface area (Å²) < 4.78 is 29.4. The van der Waals surface area contributed by atoms with E-state index < -0.39 is 23.5 Å². The van der Waals surface area contributed by atoms with Crippen molar-refractivity contribution in [2.24, 2.45) is 0 Å². The smallest absolute Gasteiger partial charge is 0.336 e. The summed E-state index contributed by atoms with van der Waals surface area (Å²) in [5.41, 5.74) is -0.199. The first-order valence-electron chi connectivity index (χ1n) is 8.76. The van der Waals surface area contributed by atoms with Crippen molar-refractivity contribution in [1.82, 2.24) is 0 Å². The quantitative estimate of drug-likeness (QED) is 0.509. The van der Waals surface area contributed by atoms with Crippen molar-refractivity contribution in [3.05, 3.63) is 83.4 Å². The number of carbonyl (C=O) groups is 2. The minimum atomic E-state index is -1.27. The van der Waals surface area contributed by atoms with E-state index in [0.717, 1.165) is 22.8 Å². The van der Waals surface area contributed by atoms with Gasteiger partial charge < -0.3 is 10.4 Å². The summed E-state index contributed by atoms with van der Waals surface area (Å²) in [6.45, 7) is 1.98. The van der Waals surface area contributed by atoms with Crippen LogP contribution in [-0.4, -0.2) is 22.7 Å². The molecular weight excluding hydrogens is 396 g/mol. The molecule has 0 saturated heterocycles. The third-order valence-corrected chi connectivity index (χ3v) is 5.01. The summed E-state index contributed by atoms with van der Waals surface area (Å²) in [7, 11) is 0. The Morgan fingerprint density at radius 2 is 1.62 bits per heavy atom. The van der Waals surface area contributed by atoms with E-state index in [0.29, 0.717) is 5.56 Å². The van der Waals surface area contributed by atoms with Crippen LogP contribution in [0.15, 0.2) is 65.6 Å². The van der Waals surface area contributed by atoms with Crippen molar-refractivity contribution in [2.75, 3.05) is 11.1 Å². The van der Waals surface area contributed by atoms with E-state index in [1.165, 1.54) is 24.3 Å². The maximum Gasteiger partial charge on any atom is 0.336 e. The minimum absolute atomic E-state index is 0.103. The SMILES string of the molecule is CCSc1cccc(-c2c(F)cc(NC(=O)c3ccccc3C(=O)O)cc2F)c1. The fraction of sp³-hybridized carbons (Fsp3) is 0.0909. The Labute approximate surface area is 170 Å². The minimum Gasteiger partial charge on any atom is -0.478 e. The Bertz CT molecular complexity index is 1060. The highest BCUT2D eigenvalue weighted by Crippen LogP contribution is 2.31. The van der Waals surface area contributed by atoms with Gasteiger partial charge in [-0.05, 0) is 47.7 Å². The fourth-order valence-electron chi connectivity index (χ4n) is 2.90. The number of halogens is 2. The zero-order valence-corrected chi connectivity index (χ0v) is 16.2. The van der Waals surface area contributed by atoms with Crippen LogP contribution in [0.3, 0.4) is 0 Å². The van der Waals surface area contributed by atoms with Gasteiger partial charge in [-0.1, -0.05) is 31.2 Å². The third kappa shape index (κ3) is 4.63. The molecule has 0 radical (unpaired) electrons. The number of rotatable bonds is 6. The van der Waals surface area contributed by atoms with Crippen molar-refractivity contribution >= 4 is 29.3 Å². The molecule has 7 heteroatoms. The highest BCUT2D eigenvalue weighted by atomic mass is 32.2. The van der Waals surface area contributed by atoms with Gasteiger partial charge in [0.15, 0.2) is 0 Å². The maximum atomic E-state index is 14.7. The van der Waals surface area contributed by atoms with E-state index in [9.17, 15) is 23.5 Å². The second-order valence-corrected chi connectivity index (χ2v) is 7.42. The summed E-state index contributed by atoms with van der Waals surface area (Å²) in [4.78, 5) is 24.6. The number of carboxylic acid groups (broad SMARTS) is 1. The highest BCUT2D eigenvalue weighted by Gasteiger charge is 2.18. The van der Waals surface area contributed by atoms with E-state index in [-0.39, 0.29) is 22.4 Å². The van der Waals surface area contributed by atoms with Crippen LogP contribution in [0.4, 0.5) is 14.5 Å². The highest BCUT2D eigenvalue weighted by molar-refractivity contribution is 7.99. The van der Waals surface area contributed by atoms with Gasteiger partial charge in [0.1, 0.15) is 11.6 Å². The van der Waals surface area contributed by atoms with Crippen molar-refractivity contribution in [3.63, 3.8) is 0 Å². The van der Waals surface area contributed by atoms with Gasteiger partial charge in [0.2, 0.25) is 0 Å². The van der Waals surface area contributed by atoms with Crippen LogP contribution >= 0.6 is 11.8 Å². The topological polar surface area (TPSA) is 66.4 Å². The van der Waals surface area contributed by atoms with Crippen LogP contribution in [0.1, 0.15) is 27.6 Å². The number of benzene rings is 3. The predicted molar refractivity (Wildman–Crippen MR) is 110 cm³/mol. The van der Waals surface area contributed by atoms with E-state index >= 15 is 0 Å². The number of carboxylic acids is 1. The summed E-state index contributed by atoms with van der Waals surface area (Å²) in [6.07, 6.45) is 0. The van der Waals surface area contributed by atoms with Crippen LogP contribution < -0.4 is 5.32 Å². The van der Waals surface area contributed by atoms with Crippen LogP contribution in [-0.2, 0) is 0 Å². The Balaban J connectivity index is 1.91. The van der Waals surface area contributed by atoms with E-state index in [2.05, 4.69) is 5.32 Å². The molecule has 0 spiro atoms. The number of amides is 1. The first-order valence-corrected chi connectivity index (χ1v) is 9.75. The standard InChI is InChI=1S/C22H17F2NO3S/c1-2-29-15-7-5-6-13(10-15)20-18(23)11-14(12-19(20)24)25-21(26)16-8-3-4-9-17(16)22(27)28/h3-12H,2H2,1H3,(H,25,26)(H,27,28). The van der Waals surface area contributed by atoms with Crippen LogP contribution in [0.25, 0.3) is 11.1 Å². The first-order chi connectivity index (χ1) is 13.9. The molecule has 0 fully saturated rings. The van der Waals surface area contributed by atoms with Gasteiger partial charge in [0.05, 0.1) is 16.7 Å². The number of thioether (sulfide) groups is 1. The normalized spacial score (nSPS) is 10.6. The number of nitrogens with one attached hydrogen (secondary N) is 1. The van der Waals surface area contributed by atoms with Crippen molar-refractivity contribution in [1.29, 1.82) is 0 Å². The second-order valence-electron chi connectivity index (χ2n) is 6.08. The number of aromatic carboxylic acids is 1. The average molecular weight is 413 g/mol. The molecule has 0 atom stereocenters. The second kappa shape index (κ2) is 8.87. The lowest BCUT2D eigenvalue weighted by molar-refractivity contribution is 0.0692. The number of hydrogen-bond donors (Lipinski definition) is 2. The largest absolute Gasteiger partial charge is 0.478 e. The Hall–Kier alpha value is -3.19. The molecule has 4 nitrogen and oxygen atoms in total. The van der Waals surface area contributed by atoms with Crippen LogP contribution in [0.2, 0.25) is 0 Å². The van der Waals surface area contributed by atoms with Gasteiger partial charge in [-0.2, -0.15) is 0 Å². The van der Waals surface area contributed by atoms with E-state index in [4.69, 9.17) is 0 Å². The fourth-order valence-corrected chi connectivity index (χ4v) is 3.61. The van der Waals surface area contributed by atoms with Gasteiger partial charge in [0.25, 0.3) is 5.91 Å². The zero-order chi connectivity index (χ0) is 21.0. The molecular formula is C22H17F2NO3S. The molecule has 0 aromatic heterocycles. The molecule has 0 saturated carbocycles. The molecule has 3 rings (SSSR count). The third-order valence-electron chi connectivity index (χ3n) is 4.14. The molecule has 1 amide bonds. The van der Waals surface area contributed by atoms with Crippen molar-refractivity contribution in [3.8, 4) is 11.1 Å². The number of anilines is 1. The molecule has 0 unspecified atom stereocenters. The monoisotopic (exact) mass is 413 g/mol. The molecule has 0 heterocycles. The van der Waals surface area contributed by atoms with Crippen LogP contribution in [0.5, 0.6) is 0 Å². The predicted octanol–water partition coefficient (Wildman–Crippen LogP) is 5.69. The van der Waals surface area contributed by atoms with Crippen molar-refractivity contribution < 1.29 is 23.5 Å². The summed E-state index contributed by atoms with van der Waals surface area (Å²) in [5, 5.41) is 11.5. The van der Waals surface area contributed by atoms with Gasteiger partial charge in [0, 0.05) is 10.6 Å². The van der Waals surface area contributed by atoms with Gasteiger partial charge in [-0.25, -0.2) is 13.6 Å². The Kier molecular flexibility index (Phi) is 6.29. The molecule has 148 valence electrons. The molecule has 29 heavy (non-hydrogen) atoms. The van der Waals surface area contributed by atoms with Crippen molar-refractivity contribution in [2.45, 2.75) is 11.8 Å². The molecule has 3 aromatic carbocycles. The van der Waals surface area contributed by atoms with Crippen LogP contribution in [0, 0.1) is 11.6 Å². The first kappa shape index (κ1) is 20.5. The van der Waals surface area contributed by atoms with Gasteiger partial charge in [-0.15, -0.1) is 11.8 Å².